The van der Waals surface area contributed by atoms with Gasteiger partial charge in [-0.3, -0.25) is 0 Å². The lowest BCUT2D eigenvalue weighted by Gasteiger charge is -2.01. The van der Waals surface area contributed by atoms with Gasteiger partial charge < -0.3 is 18.9 Å². The van der Waals surface area contributed by atoms with Crippen LogP contribution in [0.1, 0.15) is 21.5 Å². The van der Waals surface area contributed by atoms with Crippen molar-refractivity contribution in [3.8, 4) is 11.5 Å². The molecular formula is C18H9NO6. The normalized spacial score (nSPS) is 20.2. The van der Waals surface area contributed by atoms with Gasteiger partial charge in [-0.2, -0.15) is 0 Å². The fraction of sp³-hybridized carbons (Fsp3) is 0.0556. The smallest absolute Gasteiger partial charge is 0.367 e. The first kappa shape index (κ1) is 13.8. The van der Waals surface area contributed by atoms with Gasteiger partial charge in [-0.25, -0.2) is 14.6 Å². The number of fused-ring (bicyclic) bond motifs is 2. The molecule has 5 rings (SSSR count). The predicted molar refractivity (Wildman–Crippen MR) is 84.0 cm³/mol. The van der Waals surface area contributed by atoms with E-state index < -0.39 is 11.9 Å². The highest BCUT2D eigenvalue weighted by Crippen LogP contribution is 2.36. The molecule has 122 valence electrons. The van der Waals surface area contributed by atoms with E-state index in [0.29, 0.717) is 28.2 Å². The third kappa shape index (κ3) is 2.02. The number of carbonyl (C=O) groups is 2. The molecule has 3 aliphatic rings. The van der Waals surface area contributed by atoms with E-state index in [-0.39, 0.29) is 24.1 Å². The van der Waals surface area contributed by atoms with Crippen LogP contribution in [0.3, 0.4) is 0 Å². The number of esters is 2. The largest absolute Gasteiger partial charge is 0.454 e. The van der Waals surface area contributed by atoms with E-state index in [4.69, 9.17) is 18.9 Å². The monoisotopic (exact) mass is 335 g/mol. The number of nitrogens with zero attached hydrogens (tertiary/aromatic N) is 1. The Morgan fingerprint density at radius 2 is 1.64 bits per heavy atom. The second kappa shape index (κ2) is 4.94. The quantitative estimate of drug-likeness (QED) is 0.587. The van der Waals surface area contributed by atoms with Crippen LogP contribution in [-0.4, -0.2) is 24.6 Å². The lowest BCUT2D eigenvalue weighted by molar-refractivity contribution is -0.130. The van der Waals surface area contributed by atoms with Crippen molar-refractivity contribution < 1.29 is 28.5 Å². The van der Waals surface area contributed by atoms with Crippen LogP contribution < -0.4 is 9.47 Å². The van der Waals surface area contributed by atoms with Crippen molar-refractivity contribution in [1.82, 2.24) is 0 Å². The standard InChI is InChI=1S/C18H9NO6/c20-17-11-4-2-1-3-10(11)15(24-17)14-18(21)25-16(19-14)9-5-6-12-13(7-9)23-8-22-12/h1-7H,8H2/b15-14-. The van der Waals surface area contributed by atoms with Crippen LogP contribution in [0, 0.1) is 0 Å². The van der Waals surface area contributed by atoms with E-state index in [1.165, 1.54) is 0 Å². The Morgan fingerprint density at radius 3 is 2.52 bits per heavy atom. The molecule has 0 radical (unpaired) electrons. The average Bonchev–Trinajstić information content (AvgIpc) is 3.32. The molecule has 7 heteroatoms. The number of carbonyl (C=O) groups excluding carboxylic acids is 2. The summed E-state index contributed by atoms with van der Waals surface area (Å²) >= 11 is 0. The Morgan fingerprint density at radius 1 is 0.840 bits per heavy atom. The molecule has 0 atom stereocenters. The fourth-order valence-electron chi connectivity index (χ4n) is 2.84. The van der Waals surface area contributed by atoms with E-state index >= 15 is 0 Å². The van der Waals surface area contributed by atoms with Crippen LogP contribution in [-0.2, 0) is 14.3 Å². The van der Waals surface area contributed by atoms with E-state index in [0.717, 1.165) is 0 Å². The zero-order valence-corrected chi connectivity index (χ0v) is 12.6. The SMILES string of the molecule is O=C1OC(c2ccc3c(c2)OCO3)=N/C1=C1\OC(=O)c2ccccc21. The van der Waals surface area contributed by atoms with Gasteiger partial charge in [-0.1, -0.05) is 18.2 Å². The molecule has 25 heavy (non-hydrogen) atoms. The zero-order chi connectivity index (χ0) is 17.0. The molecule has 0 saturated carbocycles. The summed E-state index contributed by atoms with van der Waals surface area (Å²) in [6.07, 6.45) is 0. The van der Waals surface area contributed by atoms with Crippen molar-refractivity contribution in [2.45, 2.75) is 0 Å². The van der Waals surface area contributed by atoms with Crippen LogP contribution >= 0.6 is 0 Å². The summed E-state index contributed by atoms with van der Waals surface area (Å²) in [4.78, 5) is 28.4. The molecule has 0 amide bonds. The van der Waals surface area contributed by atoms with Gasteiger partial charge in [0.05, 0.1) is 5.56 Å². The second-order valence-electron chi connectivity index (χ2n) is 5.49. The van der Waals surface area contributed by atoms with Gasteiger partial charge in [-0.05, 0) is 24.3 Å². The molecular weight excluding hydrogens is 326 g/mol. The topological polar surface area (TPSA) is 83.4 Å². The third-order valence-corrected chi connectivity index (χ3v) is 4.02. The van der Waals surface area contributed by atoms with Crippen molar-refractivity contribution in [3.63, 3.8) is 0 Å². The number of cyclic esters (lactones) is 2. The fourth-order valence-corrected chi connectivity index (χ4v) is 2.84. The number of rotatable bonds is 1. The van der Waals surface area contributed by atoms with Crippen molar-refractivity contribution in [3.05, 3.63) is 64.9 Å². The lowest BCUT2D eigenvalue weighted by atomic mass is 10.1. The number of ether oxygens (including phenoxy) is 4. The molecule has 0 aliphatic carbocycles. The molecule has 0 saturated heterocycles. The van der Waals surface area contributed by atoms with Crippen LogP contribution in [0.2, 0.25) is 0 Å². The molecule has 0 unspecified atom stereocenters. The molecule has 0 spiro atoms. The number of benzene rings is 2. The zero-order valence-electron chi connectivity index (χ0n) is 12.6. The summed E-state index contributed by atoms with van der Waals surface area (Å²) in [5.41, 5.74) is 1.44. The maximum atomic E-state index is 12.3. The van der Waals surface area contributed by atoms with E-state index in [9.17, 15) is 9.59 Å². The maximum absolute atomic E-state index is 12.3. The lowest BCUT2D eigenvalue weighted by Crippen LogP contribution is -2.06. The molecule has 0 N–H and O–H groups in total. The minimum Gasteiger partial charge on any atom is -0.454 e. The van der Waals surface area contributed by atoms with Crippen LogP contribution in [0.5, 0.6) is 11.5 Å². The Labute approximate surface area is 141 Å². The van der Waals surface area contributed by atoms with Gasteiger partial charge in [0.15, 0.2) is 23.0 Å². The Balaban J connectivity index is 1.60. The van der Waals surface area contributed by atoms with E-state index in [1.54, 1.807) is 42.5 Å². The van der Waals surface area contributed by atoms with E-state index in [2.05, 4.69) is 4.99 Å². The van der Waals surface area contributed by atoms with Gasteiger partial charge in [-0.15, -0.1) is 0 Å². The summed E-state index contributed by atoms with van der Waals surface area (Å²) in [6.45, 7) is 0.146. The summed E-state index contributed by atoms with van der Waals surface area (Å²) in [5, 5.41) is 0. The highest BCUT2D eigenvalue weighted by atomic mass is 16.7. The molecule has 0 bridgehead atoms. The van der Waals surface area contributed by atoms with Crippen molar-refractivity contribution in [1.29, 1.82) is 0 Å². The van der Waals surface area contributed by atoms with Crippen molar-refractivity contribution in [2.24, 2.45) is 4.99 Å². The summed E-state index contributed by atoms with van der Waals surface area (Å²) in [5.74, 6) is 0.207. The van der Waals surface area contributed by atoms with Gasteiger partial charge in [0.2, 0.25) is 12.7 Å². The number of aliphatic imine (C=N–C) groups is 1. The van der Waals surface area contributed by atoms with Crippen molar-refractivity contribution >= 4 is 23.6 Å². The highest BCUT2D eigenvalue weighted by Gasteiger charge is 2.36. The third-order valence-electron chi connectivity index (χ3n) is 4.02. The molecule has 3 heterocycles. The maximum Gasteiger partial charge on any atom is 0.367 e. The molecule has 3 aliphatic heterocycles. The van der Waals surface area contributed by atoms with Crippen molar-refractivity contribution in [2.75, 3.05) is 6.79 Å². The van der Waals surface area contributed by atoms with Gasteiger partial charge in [0.1, 0.15) is 0 Å². The minimum absolute atomic E-state index is 0.0361. The van der Waals surface area contributed by atoms with Crippen LogP contribution in [0.15, 0.2) is 53.2 Å². The molecule has 2 aromatic carbocycles. The first-order chi connectivity index (χ1) is 12.2. The molecule has 2 aromatic rings. The van der Waals surface area contributed by atoms with Crippen LogP contribution in [0.4, 0.5) is 0 Å². The molecule has 7 nitrogen and oxygen atoms in total. The van der Waals surface area contributed by atoms with Gasteiger partial charge in [0.25, 0.3) is 0 Å². The summed E-state index contributed by atoms with van der Waals surface area (Å²) in [6, 6.07) is 11.9. The highest BCUT2D eigenvalue weighted by molar-refractivity contribution is 6.16. The Hall–Kier alpha value is -3.61. The van der Waals surface area contributed by atoms with Crippen LogP contribution in [0.25, 0.3) is 5.76 Å². The molecule has 0 fully saturated rings. The van der Waals surface area contributed by atoms with E-state index in [1.807, 2.05) is 0 Å². The minimum atomic E-state index is -0.674. The predicted octanol–water partition coefficient (Wildman–Crippen LogP) is 2.26. The first-order valence-electron chi connectivity index (χ1n) is 7.47. The van der Waals surface area contributed by atoms with Gasteiger partial charge >= 0.3 is 11.9 Å². The number of hydrogen-bond acceptors (Lipinski definition) is 7. The number of hydrogen-bond donors (Lipinski definition) is 0. The first-order valence-corrected chi connectivity index (χ1v) is 7.47. The Bertz CT molecular complexity index is 1020. The Kier molecular flexibility index (Phi) is 2.73. The summed E-state index contributed by atoms with van der Waals surface area (Å²) in [7, 11) is 0. The molecule has 0 aromatic heterocycles. The van der Waals surface area contributed by atoms with Gasteiger partial charge in [0, 0.05) is 11.1 Å². The second-order valence-corrected chi connectivity index (χ2v) is 5.49. The summed E-state index contributed by atoms with van der Waals surface area (Å²) < 4.78 is 21.0. The average molecular weight is 335 g/mol.